The summed E-state index contributed by atoms with van der Waals surface area (Å²) in [6.07, 6.45) is 4.92. The monoisotopic (exact) mass is 279 g/mol. The lowest BCUT2D eigenvalue weighted by Crippen LogP contribution is -2.44. The minimum absolute atomic E-state index is 0.292. The predicted octanol–water partition coefficient (Wildman–Crippen LogP) is 2.94. The van der Waals surface area contributed by atoms with Crippen LogP contribution < -0.4 is 10.7 Å². The first-order valence-electron chi connectivity index (χ1n) is 6.34. The number of thiocarbonyl (C=S) groups is 1. The summed E-state index contributed by atoms with van der Waals surface area (Å²) in [7, 11) is 1.88. The molecule has 96 valence electrons. The van der Waals surface area contributed by atoms with Crippen LogP contribution in [-0.2, 0) is 0 Å². The van der Waals surface area contributed by atoms with Crippen LogP contribution in [0.3, 0.4) is 0 Å². The highest BCUT2D eigenvalue weighted by molar-refractivity contribution is 7.80. The SMILES string of the molecule is CNC(=S)N1NC2=C(CCCC2)C1c1cccs1. The number of rotatable bonds is 1. The van der Waals surface area contributed by atoms with Crippen LogP contribution in [0.25, 0.3) is 0 Å². The Balaban J connectivity index is 1.97. The van der Waals surface area contributed by atoms with Crippen LogP contribution in [0.1, 0.15) is 36.6 Å². The number of hydrazine groups is 1. The summed E-state index contributed by atoms with van der Waals surface area (Å²) in [5.74, 6) is 0. The van der Waals surface area contributed by atoms with Crippen molar-refractivity contribution >= 4 is 28.7 Å². The maximum Gasteiger partial charge on any atom is 0.188 e. The molecule has 1 aliphatic heterocycles. The molecule has 0 radical (unpaired) electrons. The van der Waals surface area contributed by atoms with Gasteiger partial charge in [-0.25, -0.2) is 0 Å². The van der Waals surface area contributed by atoms with Crippen molar-refractivity contribution in [2.24, 2.45) is 0 Å². The molecule has 0 fully saturated rings. The van der Waals surface area contributed by atoms with Crippen LogP contribution in [0.15, 0.2) is 28.8 Å². The van der Waals surface area contributed by atoms with Crippen molar-refractivity contribution in [2.75, 3.05) is 7.05 Å². The van der Waals surface area contributed by atoms with E-state index in [1.807, 2.05) is 7.05 Å². The van der Waals surface area contributed by atoms with Crippen molar-refractivity contribution in [1.82, 2.24) is 15.8 Å². The second-order valence-corrected chi connectivity index (χ2v) is 6.03. The number of hydrogen-bond donors (Lipinski definition) is 2. The van der Waals surface area contributed by atoms with Gasteiger partial charge in [0.2, 0.25) is 0 Å². The van der Waals surface area contributed by atoms with E-state index in [9.17, 15) is 0 Å². The van der Waals surface area contributed by atoms with Gasteiger partial charge in [0.05, 0.1) is 0 Å². The first-order chi connectivity index (χ1) is 8.81. The Labute approximate surface area is 117 Å². The second kappa shape index (κ2) is 4.90. The van der Waals surface area contributed by atoms with E-state index in [2.05, 4.69) is 33.3 Å². The number of nitrogens with zero attached hydrogens (tertiary/aromatic N) is 1. The van der Waals surface area contributed by atoms with Crippen LogP contribution in [0.4, 0.5) is 0 Å². The minimum atomic E-state index is 0.292. The van der Waals surface area contributed by atoms with E-state index in [1.54, 1.807) is 11.3 Å². The first-order valence-corrected chi connectivity index (χ1v) is 7.63. The Morgan fingerprint density at radius 3 is 3.06 bits per heavy atom. The van der Waals surface area contributed by atoms with Gasteiger partial charge in [-0.05, 0) is 54.9 Å². The van der Waals surface area contributed by atoms with E-state index in [4.69, 9.17) is 12.2 Å². The molecule has 5 heteroatoms. The van der Waals surface area contributed by atoms with E-state index in [0.29, 0.717) is 6.04 Å². The lowest BCUT2D eigenvalue weighted by atomic mass is 9.92. The summed E-state index contributed by atoms with van der Waals surface area (Å²) >= 11 is 7.22. The molecule has 1 aromatic heterocycles. The van der Waals surface area contributed by atoms with Gasteiger partial charge in [-0.15, -0.1) is 11.3 Å². The van der Waals surface area contributed by atoms with Crippen LogP contribution >= 0.6 is 23.6 Å². The Morgan fingerprint density at radius 1 is 1.50 bits per heavy atom. The Bertz CT molecular complexity index is 478. The molecule has 0 aromatic carbocycles. The van der Waals surface area contributed by atoms with Crippen LogP contribution in [-0.4, -0.2) is 17.2 Å². The van der Waals surface area contributed by atoms with Crippen LogP contribution in [0, 0.1) is 0 Å². The minimum Gasteiger partial charge on any atom is -0.364 e. The first kappa shape index (κ1) is 12.0. The Kier molecular flexibility index (Phi) is 3.26. The van der Waals surface area contributed by atoms with Crippen molar-refractivity contribution in [3.8, 4) is 0 Å². The fraction of sp³-hybridized carbons (Fsp3) is 0.462. The van der Waals surface area contributed by atoms with Crippen LogP contribution in [0.5, 0.6) is 0 Å². The molecule has 1 aromatic rings. The van der Waals surface area contributed by atoms with Gasteiger partial charge < -0.3 is 5.32 Å². The third-order valence-electron chi connectivity index (χ3n) is 3.60. The summed E-state index contributed by atoms with van der Waals surface area (Å²) in [4.78, 5) is 1.37. The molecule has 0 saturated carbocycles. The Morgan fingerprint density at radius 2 is 2.33 bits per heavy atom. The zero-order valence-corrected chi connectivity index (χ0v) is 12.0. The maximum absolute atomic E-state index is 5.42. The molecule has 3 nitrogen and oxygen atoms in total. The predicted molar refractivity (Wildman–Crippen MR) is 79.2 cm³/mol. The number of thiophene rings is 1. The molecule has 0 saturated heterocycles. The lowest BCUT2D eigenvalue weighted by Gasteiger charge is -2.27. The van der Waals surface area contributed by atoms with Gasteiger partial charge in [-0.1, -0.05) is 6.07 Å². The molecule has 0 amide bonds. The molecular formula is C13H17N3S2. The summed E-state index contributed by atoms with van der Waals surface area (Å²) in [6.45, 7) is 0. The van der Waals surface area contributed by atoms with Gasteiger partial charge in [0, 0.05) is 17.6 Å². The quantitative estimate of drug-likeness (QED) is 0.773. The average Bonchev–Trinajstić information content (AvgIpc) is 3.03. The van der Waals surface area contributed by atoms with Crippen molar-refractivity contribution in [3.63, 3.8) is 0 Å². The molecule has 18 heavy (non-hydrogen) atoms. The lowest BCUT2D eigenvalue weighted by molar-refractivity contribution is 0.322. The molecule has 1 unspecified atom stereocenters. The van der Waals surface area contributed by atoms with Gasteiger partial charge >= 0.3 is 0 Å². The molecule has 0 spiro atoms. The fourth-order valence-electron chi connectivity index (χ4n) is 2.76. The average molecular weight is 279 g/mol. The highest BCUT2D eigenvalue weighted by Gasteiger charge is 2.36. The van der Waals surface area contributed by atoms with Gasteiger partial charge in [-0.2, -0.15) is 0 Å². The van der Waals surface area contributed by atoms with E-state index in [1.165, 1.54) is 35.4 Å². The number of hydrogen-bond acceptors (Lipinski definition) is 3. The zero-order chi connectivity index (χ0) is 12.5. The standard InChI is InChI=1S/C13H17N3S2/c1-14-13(17)16-12(11-7-4-8-18-11)9-5-2-3-6-10(9)15-16/h4,7-8,12,15H,2-3,5-6H2,1H3,(H,14,17). The van der Waals surface area contributed by atoms with E-state index in [0.717, 1.165) is 11.5 Å². The normalized spacial score (nSPS) is 22.7. The summed E-state index contributed by atoms with van der Waals surface area (Å²) in [5.41, 5.74) is 6.41. The number of nitrogens with one attached hydrogen (secondary N) is 2. The van der Waals surface area contributed by atoms with Crippen molar-refractivity contribution in [2.45, 2.75) is 31.7 Å². The summed E-state index contributed by atoms with van der Waals surface area (Å²) < 4.78 is 0. The van der Waals surface area contributed by atoms with Gasteiger partial charge in [0.25, 0.3) is 0 Å². The van der Waals surface area contributed by atoms with Crippen molar-refractivity contribution in [3.05, 3.63) is 33.7 Å². The van der Waals surface area contributed by atoms with Crippen molar-refractivity contribution < 1.29 is 0 Å². The molecular weight excluding hydrogens is 262 g/mol. The summed E-state index contributed by atoms with van der Waals surface area (Å²) in [5, 5.41) is 8.09. The zero-order valence-electron chi connectivity index (χ0n) is 10.4. The largest absolute Gasteiger partial charge is 0.364 e. The number of allylic oxidation sites excluding steroid dienone is 1. The molecule has 2 heterocycles. The van der Waals surface area contributed by atoms with E-state index >= 15 is 0 Å². The van der Waals surface area contributed by atoms with Gasteiger partial charge in [0.1, 0.15) is 6.04 Å². The molecule has 2 aliphatic rings. The van der Waals surface area contributed by atoms with Crippen LogP contribution in [0.2, 0.25) is 0 Å². The second-order valence-electron chi connectivity index (χ2n) is 4.67. The third-order valence-corrected chi connectivity index (χ3v) is 4.93. The maximum atomic E-state index is 5.42. The highest BCUT2D eigenvalue weighted by atomic mass is 32.1. The smallest absolute Gasteiger partial charge is 0.188 e. The van der Waals surface area contributed by atoms with Gasteiger partial charge in [0.15, 0.2) is 5.11 Å². The molecule has 1 atom stereocenters. The van der Waals surface area contributed by atoms with E-state index in [-0.39, 0.29) is 0 Å². The van der Waals surface area contributed by atoms with Gasteiger partial charge in [-0.3, -0.25) is 10.4 Å². The molecule has 1 aliphatic carbocycles. The third kappa shape index (κ3) is 1.91. The van der Waals surface area contributed by atoms with Crippen molar-refractivity contribution in [1.29, 1.82) is 0 Å². The highest BCUT2D eigenvalue weighted by Crippen LogP contribution is 2.42. The van der Waals surface area contributed by atoms with E-state index < -0.39 is 0 Å². The Hall–Kier alpha value is -1.07. The fourth-order valence-corrected chi connectivity index (χ4v) is 3.76. The molecule has 3 rings (SSSR count). The molecule has 0 bridgehead atoms. The molecule has 2 N–H and O–H groups in total. The summed E-state index contributed by atoms with van der Waals surface area (Å²) in [6, 6.07) is 4.61. The topological polar surface area (TPSA) is 27.3 Å².